The van der Waals surface area contributed by atoms with Crippen LogP contribution in [-0.2, 0) is 60.8 Å². The molecule has 1 aliphatic heterocycles. The number of nitrogens with zero attached hydrogens (tertiary/aromatic N) is 2. The van der Waals surface area contributed by atoms with Gasteiger partial charge in [0, 0.05) is 71.5 Å². The molecule has 60 heavy (non-hydrogen) atoms. The smallest absolute Gasteiger partial charge is 0.254 e. The molecule has 3 rings (SSSR count). The number of fused-ring (bicyclic) bond motifs is 1. The summed E-state index contributed by atoms with van der Waals surface area (Å²) in [4.78, 5) is 96.2. The van der Waals surface area contributed by atoms with Crippen molar-refractivity contribution in [1.29, 1.82) is 0 Å². The molecule has 18 heteroatoms. The maximum absolute atomic E-state index is 12.6. The summed E-state index contributed by atoms with van der Waals surface area (Å²) < 4.78 is 10.8. The molecule has 2 unspecified atom stereocenters. The van der Waals surface area contributed by atoms with Crippen molar-refractivity contribution in [2.45, 2.75) is 89.8 Å². The van der Waals surface area contributed by atoms with E-state index in [2.05, 4.69) is 44.6 Å². The molecule has 0 spiro atoms. The van der Waals surface area contributed by atoms with Crippen LogP contribution >= 0.6 is 23.3 Å². The number of benzene rings is 1. The number of aldehydes is 3. The predicted molar refractivity (Wildman–Crippen MR) is 235 cm³/mol. The Balaban J connectivity index is 0.000000620. The summed E-state index contributed by atoms with van der Waals surface area (Å²) >= 11 is 6.44. The lowest BCUT2D eigenvalue weighted by molar-refractivity contribution is -0.133. The van der Waals surface area contributed by atoms with Crippen LogP contribution in [0, 0.1) is 6.92 Å². The Morgan fingerprint density at radius 3 is 2.20 bits per heavy atom. The van der Waals surface area contributed by atoms with Gasteiger partial charge in [0.05, 0.1) is 32.5 Å². The summed E-state index contributed by atoms with van der Waals surface area (Å²) in [7, 11) is 4.91. The molecule has 4 N–H and O–H groups in total. The lowest BCUT2D eigenvalue weighted by atomic mass is 9.90. The Kier molecular flexibility index (Phi) is 29.0. The van der Waals surface area contributed by atoms with E-state index in [0.29, 0.717) is 77.2 Å². The van der Waals surface area contributed by atoms with E-state index in [0.717, 1.165) is 66.1 Å². The fourth-order valence-corrected chi connectivity index (χ4v) is 6.71. The molecule has 1 aliphatic carbocycles. The summed E-state index contributed by atoms with van der Waals surface area (Å²) in [6.45, 7) is 5.79. The van der Waals surface area contributed by atoms with Crippen LogP contribution in [0.2, 0.25) is 0 Å². The van der Waals surface area contributed by atoms with Gasteiger partial charge in [-0.15, -0.1) is 23.3 Å². The molecule has 0 bridgehead atoms. The molecule has 1 saturated heterocycles. The molecule has 5 amide bonds. The summed E-state index contributed by atoms with van der Waals surface area (Å²) in [5, 5.41) is 10.9. The van der Waals surface area contributed by atoms with Gasteiger partial charge in [-0.2, -0.15) is 0 Å². The highest BCUT2D eigenvalue weighted by atomic mass is 33.1. The maximum atomic E-state index is 12.6. The Bertz CT molecular complexity index is 1610. The number of hydrogen-bond donors (Lipinski definition) is 6. The molecule has 1 heterocycles. The number of thiol groups is 2. The van der Waals surface area contributed by atoms with Crippen molar-refractivity contribution in [3.05, 3.63) is 57.7 Å². The van der Waals surface area contributed by atoms with Gasteiger partial charge < -0.3 is 54.9 Å². The van der Waals surface area contributed by atoms with Crippen LogP contribution < -0.4 is 21.3 Å². The van der Waals surface area contributed by atoms with Crippen molar-refractivity contribution >= 4 is 72.2 Å². The van der Waals surface area contributed by atoms with E-state index in [1.165, 1.54) is 11.9 Å². The molecular formula is C42H64N6O10S2. The van der Waals surface area contributed by atoms with E-state index in [1.54, 1.807) is 11.9 Å². The van der Waals surface area contributed by atoms with Crippen molar-refractivity contribution < 1.29 is 47.8 Å². The van der Waals surface area contributed by atoms with Gasteiger partial charge in [-0.1, -0.05) is 29.8 Å². The molecule has 1 aromatic rings. The van der Waals surface area contributed by atoms with E-state index in [1.807, 2.05) is 38.2 Å². The van der Waals surface area contributed by atoms with Crippen molar-refractivity contribution in [2.24, 2.45) is 0 Å². The molecular weight excluding hydrogens is 813 g/mol. The third kappa shape index (κ3) is 18.9. The Labute approximate surface area is 364 Å². The van der Waals surface area contributed by atoms with Gasteiger partial charge in [0.15, 0.2) is 0 Å². The Morgan fingerprint density at radius 2 is 1.58 bits per heavy atom. The first kappa shape index (κ1) is 53.7. The van der Waals surface area contributed by atoms with Crippen LogP contribution in [0.5, 0.6) is 0 Å². The number of aryl methyl sites for hydroxylation is 2. The van der Waals surface area contributed by atoms with Gasteiger partial charge in [0.25, 0.3) is 5.91 Å². The molecule has 2 aliphatic rings. The van der Waals surface area contributed by atoms with Crippen LogP contribution in [0.15, 0.2) is 41.0 Å². The minimum absolute atomic E-state index is 0.0900. The quantitative estimate of drug-likeness (QED) is 0.0311. The number of allylic oxidation sites excluding steroid dienone is 2. The van der Waals surface area contributed by atoms with Gasteiger partial charge in [-0.05, 0) is 74.8 Å². The van der Waals surface area contributed by atoms with Crippen LogP contribution in [0.4, 0.5) is 0 Å². The summed E-state index contributed by atoms with van der Waals surface area (Å²) in [5.41, 5.74) is 5.58. The molecule has 1 aromatic carbocycles. The zero-order chi connectivity index (χ0) is 44.7. The maximum Gasteiger partial charge on any atom is 0.254 e. The minimum atomic E-state index is -0.743. The number of amides is 5. The second kappa shape index (κ2) is 32.4. The van der Waals surface area contributed by atoms with E-state index in [-0.39, 0.29) is 55.9 Å². The highest BCUT2D eigenvalue weighted by molar-refractivity contribution is 8.59. The number of rotatable bonds is 28. The number of carbonyl (C=O) groups is 8. The summed E-state index contributed by atoms with van der Waals surface area (Å²) in [6.07, 6.45) is 9.42. The first-order chi connectivity index (χ1) is 29.1. The van der Waals surface area contributed by atoms with Crippen molar-refractivity contribution in [3.63, 3.8) is 0 Å². The topological polar surface area (TPSA) is 210 Å². The molecule has 0 aromatic heterocycles. The Morgan fingerprint density at radius 1 is 0.883 bits per heavy atom. The van der Waals surface area contributed by atoms with Crippen LogP contribution in [0.25, 0.3) is 0 Å². The molecule has 0 saturated carbocycles. The van der Waals surface area contributed by atoms with Crippen molar-refractivity contribution in [2.75, 3.05) is 67.2 Å². The Hall–Kier alpha value is -4.36. The highest BCUT2D eigenvalue weighted by Crippen LogP contribution is 2.35. The first-order valence-electron chi connectivity index (χ1n) is 20.1. The third-order valence-corrected chi connectivity index (χ3v) is 9.98. The molecule has 1 fully saturated rings. The molecule has 16 nitrogen and oxygen atoms in total. The number of hydrogen-bond acceptors (Lipinski definition) is 13. The van der Waals surface area contributed by atoms with E-state index >= 15 is 0 Å². The van der Waals surface area contributed by atoms with E-state index in [9.17, 15) is 38.4 Å². The number of likely N-dealkylation sites (N-methyl/N-ethyl adjacent to an activating group) is 2. The second-order valence-corrected chi connectivity index (χ2v) is 13.8. The molecule has 2 atom stereocenters. The van der Waals surface area contributed by atoms with E-state index < -0.39 is 12.1 Å². The van der Waals surface area contributed by atoms with Crippen LogP contribution in [0.3, 0.4) is 0 Å². The van der Waals surface area contributed by atoms with Crippen LogP contribution in [-0.4, -0.2) is 138 Å². The fraction of sp³-hybridized carbons (Fsp3) is 0.571. The first-order valence-corrected chi connectivity index (χ1v) is 21.7. The largest absolute Gasteiger partial charge is 0.378 e. The van der Waals surface area contributed by atoms with E-state index in [4.69, 9.17) is 9.47 Å². The highest BCUT2D eigenvalue weighted by Gasteiger charge is 2.37. The lowest BCUT2D eigenvalue weighted by Gasteiger charge is -2.28. The minimum Gasteiger partial charge on any atom is -0.378 e. The van der Waals surface area contributed by atoms with Gasteiger partial charge in [0.1, 0.15) is 24.9 Å². The van der Waals surface area contributed by atoms with Gasteiger partial charge in [-0.3, -0.25) is 24.0 Å². The number of ether oxygens (including phenoxy) is 2. The number of carbonyl (C=O) groups excluding carboxylic acids is 8. The van der Waals surface area contributed by atoms with Crippen LogP contribution in [0.1, 0.15) is 74.5 Å². The lowest BCUT2D eigenvalue weighted by Crippen LogP contribution is -2.45. The van der Waals surface area contributed by atoms with Crippen molar-refractivity contribution in [1.82, 2.24) is 31.1 Å². The average molecular weight is 877 g/mol. The third-order valence-electron chi connectivity index (χ3n) is 9.98. The van der Waals surface area contributed by atoms with Gasteiger partial charge in [0.2, 0.25) is 24.1 Å². The van der Waals surface area contributed by atoms with Gasteiger partial charge in [-0.25, -0.2) is 0 Å². The zero-order valence-electron chi connectivity index (χ0n) is 35.4. The van der Waals surface area contributed by atoms with Gasteiger partial charge >= 0.3 is 0 Å². The predicted octanol–water partition coefficient (Wildman–Crippen LogP) is 2.03. The summed E-state index contributed by atoms with van der Waals surface area (Å²) in [5.74, 6) is -0.698. The number of nitrogens with one attached hydrogen (secondary N) is 4. The fourth-order valence-electron chi connectivity index (χ4n) is 6.71. The summed E-state index contributed by atoms with van der Waals surface area (Å²) in [6, 6.07) is 4.43. The SMILES string of the molecule is CNC(=O)CCC(C=O)N1CC2=C(CCC=O)CCC=C2C1=O.CNCCOCCOCCNC(=O)CCc1cccc(C)c1CN(C=O)C(CCC=O)C(=O)NC.SS. The second-order valence-electron chi connectivity index (χ2n) is 13.8. The monoisotopic (exact) mass is 876 g/mol. The molecule has 0 radical (unpaired) electrons. The normalized spacial score (nSPS) is 13.9. The number of likely N-dealkylation sites (tertiary alicyclic amines) is 1. The standard InChI is InChI=1S/C25H40N4O6.C17H22N2O4.H2S2/c1-20-6-4-7-21(9-10-24(32)28-12-15-35-17-16-34-14-11-26-2)22(20)18-29(19-31)23(8-5-13-30)25(33)27-3;1-18-16(22)8-7-13(11-21)19-10-15-12(5-3-9-20)4-2-6-14(15)17(19)23;1-2/h4,6-7,13,19,23,26H,5,8-12,14-18H2,1-3H3,(H,27,33)(H,28,32);6,9,11,13H,2-5,7-8,10H2,1H3,(H,18,22);1-2H. The molecule has 334 valence electrons. The zero-order valence-corrected chi connectivity index (χ0v) is 37.2. The average Bonchev–Trinajstić information content (AvgIpc) is 3.61. The van der Waals surface area contributed by atoms with Crippen molar-refractivity contribution in [3.8, 4) is 0 Å².